The van der Waals surface area contributed by atoms with E-state index in [0.29, 0.717) is 11.5 Å². The molecule has 3 rings (SSSR count). The van der Waals surface area contributed by atoms with Crippen molar-refractivity contribution in [3.05, 3.63) is 35.1 Å². The Bertz CT molecular complexity index is 639. The average molecular weight is 287 g/mol. The predicted molar refractivity (Wildman–Crippen MR) is 84.1 cm³/mol. The number of H-pyrrole nitrogens is 1. The maximum atomic E-state index is 5.47. The zero-order valence-electron chi connectivity index (χ0n) is 12.1. The Morgan fingerprint density at radius 2 is 2.05 bits per heavy atom. The van der Waals surface area contributed by atoms with Gasteiger partial charge in [0, 0.05) is 11.6 Å². The Morgan fingerprint density at radius 3 is 2.75 bits per heavy atom. The third-order valence-electron chi connectivity index (χ3n) is 4.28. The summed E-state index contributed by atoms with van der Waals surface area (Å²) in [7, 11) is 0. The lowest BCUT2D eigenvalue weighted by atomic mass is 9.75. The van der Waals surface area contributed by atoms with Gasteiger partial charge in [-0.2, -0.15) is 5.10 Å². The van der Waals surface area contributed by atoms with Crippen molar-refractivity contribution in [3.63, 3.8) is 0 Å². The predicted octanol–water partition coefficient (Wildman–Crippen LogP) is 4.75. The summed E-state index contributed by atoms with van der Waals surface area (Å²) in [5, 5.41) is 7.43. The van der Waals surface area contributed by atoms with Crippen molar-refractivity contribution in [2.45, 2.75) is 45.6 Å². The Hall–Kier alpha value is -1.42. The molecule has 0 amide bonds. The van der Waals surface area contributed by atoms with Crippen molar-refractivity contribution in [1.82, 2.24) is 14.8 Å². The molecule has 0 saturated heterocycles. The number of hydrogen-bond donors (Lipinski definition) is 1. The molecule has 4 heteroatoms. The van der Waals surface area contributed by atoms with E-state index in [-0.39, 0.29) is 0 Å². The minimum Gasteiger partial charge on any atom is -0.297 e. The maximum absolute atomic E-state index is 5.47. The van der Waals surface area contributed by atoms with Gasteiger partial charge < -0.3 is 0 Å². The van der Waals surface area contributed by atoms with Crippen LogP contribution in [0.2, 0.25) is 0 Å². The molecule has 1 atom stereocenters. The standard InChI is InChI=1S/C16H21N3S/c1-16(2)10-6-9-13(11-16)19-14(17-18-15(19)20)12-7-4-3-5-8-12/h3-5,7-8,13H,6,9-11H2,1-2H3,(H,18,20). The lowest BCUT2D eigenvalue weighted by molar-refractivity contribution is 0.183. The van der Waals surface area contributed by atoms with Gasteiger partial charge in [0.25, 0.3) is 0 Å². The van der Waals surface area contributed by atoms with Crippen LogP contribution < -0.4 is 0 Å². The van der Waals surface area contributed by atoms with Gasteiger partial charge in [-0.3, -0.25) is 9.67 Å². The third-order valence-corrected chi connectivity index (χ3v) is 4.57. The van der Waals surface area contributed by atoms with Crippen LogP contribution in [-0.4, -0.2) is 14.8 Å². The number of nitrogens with one attached hydrogen (secondary N) is 1. The normalized spacial score (nSPS) is 21.8. The smallest absolute Gasteiger partial charge is 0.195 e. The molecule has 1 aromatic carbocycles. The molecule has 0 radical (unpaired) electrons. The van der Waals surface area contributed by atoms with Gasteiger partial charge in [0.1, 0.15) is 0 Å². The summed E-state index contributed by atoms with van der Waals surface area (Å²) in [5.74, 6) is 0.971. The molecule has 3 nitrogen and oxygen atoms in total. The molecule has 1 aliphatic carbocycles. The highest BCUT2D eigenvalue weighted by atomic mass is 32.1. The molecule has 0 aliphatic heterocycles. The summed E-state index contributed by atoms with van der Waals surface area (Å²) in [5.41, 5.74) is 1.52. The van der Waals surface area contributed by atoms with Gasteiger partial charge in [0.15, 0.2) is 10.6 Å². The SMILES string of the molecule is CC1(C)CCCC(n2c(-c3ccccc3)n[nH]c2=S)C1. The van der Waals surface area contributed by atoms with Gasteiger partial charge in [-0.1, -0.05) is 50.6 Å². The molecule has 2 aromatic rings. The minimum absolute atomic E-state index is 0.392. The summed E-state index contributed by atoms with van der Waals surface area (Å²) in [6.07, 6.45) is 4.92. The molecule has 1 aliphatic rings. The highest BCUT2D eigenvalue weighted by Crippen LogP contribution is 2.42. The fourth-order valence-corrected chi connectivity index (χ4v) is 3.59. The van der Waals surface area contributed by atoms with E-state index >= 15 is 0 Å². The number of hydrogen-bond acceptors (Lipinski definition) is 2. The number of aromatic amines is 1. The number of nitrogens with zero attached hydrogens (tertiary/aromatic N) is 2. The van der Waals surface area contributed by atoms with Crippen LogP contribution in [0.15, 0.2) is 30.3 Å². The van der Waals surface area contributed by atoms with Gasteiger partial charge in [-0.15, -0.1) is 0 Å². The van der Waals surface area contributed by atoms with Gasteiger partial charge in [-0.25, -0.2) is 0 Å². The van der Waals surface area contributed by atoms with Crippen LogP contribution >= 0.6 is 12.2 Å². The fraction of sp³-hybridized carbons (Fsp3) is 0.500. The number of aromatic nitrogens is 3. The molecule has 1 saturated carbocycles. The average Bonchev–Trinajstić information content (AvgIpc) is 2.80. The van der Waals surface area contributed by atoms with Crippen molar-refractivity contribution in [2.75, 3.05) is 0 Å². The largest absolute Gasteiger partial charge is 0.297 e. The summed E-state index contributed by atoms with van der Waals surface area (Å²) < 4.78 is 2.97. The van der Waals surface area contributed by atoms with Crippen molar-refractivity contribution in [1.29, 1.82) is 0 Å². The zero-order valence-corrected chi connectivity index (χ0v) is 12.9. The molecule has 1 heterocycles. The molecule has 1 aromatic heterocycles. The van der Waals surface area contributed by atoms with Crippen LogP contribution in [0, 0.1) is 10.2 Å². The van der Waals surface area contributed by atoms with Crippen LogP contribution in [0.25, 0.3) is 11.4 Å². The van der Waals surface area contributed by atoms with E-state index in [9.17, 15) is 0 Å². The second-order valence-electron chi connectivity index (χ2n) is 6.50. The number of rotatable bonds is 2. The quantitative estimate of drug-likeness (QED) is 0.809. The van der Waals surface area contributed by atoms with Gasteiger partial charge >= 0.3 is 0 Å². The van der Waals surface area contributed by atoms with E-state index in [0.717, 1.165) is 16.2 Å². The van der Waals surface area contributed by atoms with Crippen LogP contribution in [0.3, 0.4) is 0 Å². The van der Waals surface area contributed by atoms with Crippen molar-refractivity contribution >= 4 is 12.2 Å². The third kappa shape index (κ3) is 2.57. The Morgan fingerprint density at radius 1 is 1.30 bits per heavy atom. The van der Waals surface area contributed by atoms with Gasteiger partial charge in [0.05, 0.1) is 0 Å². The van der Waals surface area contributed by atoms with Gasteiger partial charge in [0.2, 0.25) is 0 Å². The Labute approximate surface area is 125 Å². The first-order valence-electron chi connectivity index (χ1n) is 7.29. The Kier molecular flexibility index (Phi) is 3.50. The first-order chi connectivity index (χ1) is 9.57. The molecule has 106 valence electrons. The molecule has 20 heavy (non-hydrogen) atoms. The Balaban J connectivity index is 2.02. The summed E-state index contributed by atoms with van der Waals surface area (Å²) >= 11 is 5.47. The van der Waals surface area contributed by atoms with Gasteiger partial charge in [-0.05, 0) is 36.9 Å². The second-order valence-corrected chi connectivity index (χ2v) is 6.89. The van der Waals surface area contributed by atoms with E-state index in [1.807, 2.05) is 18.2 Å². The minimum atomic E-state index is 0.392. The molecule has 1 unspecified atom stereocenters. The fourth-order valence-electron chi connectivity index (χ4n) is 3.31. The van der Waals surface area contributed by atoms with Crippen LogP contribution in [0.1, 0.15) is 45.6 Å². The van der Waals surface area contributed by atoms with E-state index < -0.39 is 0 Å². The highest BCUT2D eigenvalue weighted by Gasteiger charge is 2.30. The van der Waals surface area contributed by atoms with E-state index in [1.54, 1.807) is 0 Å². The van der Waals surface area contributed by atoms with Crippen molar-refractivity contribution < 1.29 is 0 Å². The lowest BCUT2D eigenvalue weighted by Crippen LogP contribution is -2.25. The van der Waals surface area contributed by atoms with Crippen molar-refractivity contribution in [3.8, 4) is 11.4 Å². The molecule has 0 spiro atoms. The lowest BCUT2D eigenvalue weighted by Gasteiger charge is -2.36. The molecule has 1 fully saturated rings. The molecular weight excluding hydrogens is 266 g/mol. The topological polar surface area (TPSA) is 33.6 Å². The molecule has 0 bridgehead atoms. The first kappa shape index (κ1) is 13.6. The monoisotopic (exact) mass is 287 g/mol. The van der Waals surface area contributed by atoms with E-state index in [1.165, 1.54) is 25.7 Å². The number of benzene rings is 1. The van der Waals surface area contributed by atoms with E-state index in [4.69, 9.17) is 12.2 Å². The van der Waals surface area contributed by atoms with Crippen LogP contribution in [0.5, 0.6) is 0 Å². The van der Waals surface area contributed by atoms with Crippen molar-refractivity contribution in [2.24, 2.45) is 5.41 Å². The maximum Gasteiger partial charge on any atom is 0.195 e. The summed E-state index contributed by atoms with van der Waals surface area (Å²) in [6, 6.07) is 10.8. The summed E-state index contributed by atoms with van der Waals surface area (Å²) in [6.45, 7) is 4.70. The first-order valence-corrected chi connectivity index (χ1v) is 7.70. The van der Waals surface area contributed by atoms with Crippen LogP contribution in [-0.2, 0) is 0 Å². The summed E-state index contributed by atoms with van der Waals surface area (Å²) in [4.78, 5) is 0. The van der Waals surface area contributed by atoms with E-state index in [2.05, 4.69) is 40.7 Å². The molecular formula is C16H21N3S. The molecule has 1 N–H and O–H groups in total. The second kappa shape index (κ2) is 5.17. The highest BCUT2D eigenvalue weighted by molar-refractivity contribution is 7.71. The van der Waals surface area contributed by atoms with Crippen LogP contribution in [0.4, 0.5) is 0 Å². The zero-order chi connectivity index (χ0) is 14.2.